The van der Waals surface area contributed by atoms with E-state index in [0.717, 1.165) is 0 Å². The molecule has 0 fully saturated rings. The summed E-state index contributed by atoms with van der Waals surface area (Å²) in [5, 5.41) is -0.216. The summed E-state index contributed by atoms with van der Waals surface area (Å²) in [6, 6.07) is 10.2. The van der Waals surface area contributed by atoms with Crippen LogP contribution in [0.1, 0.15) is 39.7 Å². The summed E-state index contributed by atoms with van der Waals surface area (Å²) in [6.07, 6.45) is 1.01. The van der Waals surface area contributed by atoms with Gasteiger partial charge in [-0.2, -0.15) is 0 Å². The van der Waals surface area contributed by atoms with Crippen LogP contribution in [0.4, 0.5) is 0 Å². The number of carbonyl (C=O) groups is 1. The van der Waals surface area contributed by atoms with Crippen LogP contribution in [0, 0.1) is 0 Å². The van der Waals surface area contributed by atoms with Gasteiger partial charge in [-0.15, -0.1) is 11.8 Å². The second kappa shape index (κ2) is 11.3. The summed E-state index contributed by atoms with van der Waals surface area (Å²) in [5.41, 5.74) is 1.06. The fourth-order valence-corrected chi connectivity index (χ4v) is 6.45. The second-order valence-electron chi connectivity index (χ2n) is 7.22. The molecule has 0 bridgehead atoms. The van der Waals surface area contributed by atoms with Crippen molar-refractivity contribution in [2.75, 3.05) is 39.2 Å². The van der Waals surface area contributed by atoms with E-state index in [4.69, 9.17) is 9.05 Å². The highest BCUT2D eigenvalue weighted by Gasteiger charge is 2.32. The first kappa shape index (κ1) is 24.2. The number of carbonyl (C=O) groups excluding carboxylic acids is 1. The number of hydrogen-bond acceptors (Lipinski definition) is 5. The molecular formula is C20H34NO4PS. The maximum absolute atomic E-state index is 12.7. The van der Waals surface area contributed by atoms with E-state index < -0.39 is 7.60 Å². The summed E-state index contributed by atoms with van der Waals surface area (Å²) in [5.74, 6) is 0.624. The molecular weight excluding hydrogens is 381 g/mol. The molecule has 0 aromatic heterocycles. The molecule has 1 aromatic rings. The number of amides is 1. The summed E-state index contributed by atoms with van der Waals surface area (Å²) in [7, 11) is 0.465. The Kier molecular flexibility index (Phi) is 10.1. The Balaban J connectivity index is 2.83. The summed E-state index contributed by atoms with van der Waals surface area (Å²) in [4.78, 5) is 14.4. The Hall–Kier alpha value is -0.810. The van der Waals surface area contributed by atoms with E-state index in [1.807, 2.05) is 18.2 Å². The SMILES string of the molecule is CCOP(=O)(CCSC(CC(C)(C)c1ccccc1)C(=O)N(C)C)OCC. The predicted molar refractivity (Wildman–Crippen MR) is 115 cm³/mol. The molecule has 0 aliphatic heterocycles. The summed E-state index contributed by atoms with van der Waals surface area (Å²) >= 11 is 1.53. The van der Waals surface area contributed by atoms with Crippen LogP contribution in [0.3, 0.4) is 0 Å². The van der Waals surface area contributed by atoms with Crippen LogP contribution in [0.5, 0.6) is 0 Å². The molecule has 7 heteroatoms. The molecule has 0 spiro atoms. The number of nitrogens with zero attached hydrogens (tertiary/aromatic N) is 1. The Morgan fingerprint density at radius 3 is 2.19 bits per heavy atom. The Morgan fingerprint density at radius 2 is 1.70 bits per heavy atom. The van der Waals surface area contributed by atoms with Crippen LogP contribution in [0.15, 0.2) is 30.3 Å². The number of hydrogen-bond donors (Lipinski definition) is 0. The molecule has 0 aliphatic rings. The molecule has 1 unspecified atom stereocenters. The van der Waals surface area contributed by atoms with Gasteiger partial charge in [-0.1, -0.05) is 44.2 Å². The van der Waals surface area contributed by atoms with Crippen molar-refractivity contribution in [2.45, 2.75) is 44.8 Å². The first-order valence-electron chi connectivity index (χ1n) is 9.41. The monoisotopic (exact) mass is 415 g/mol. The lowest BCUT2D eigenvalue weighted by molar-refractivity contribution is -0.128. The van der Waals surface area contributed by atoms with Crippen molar-refractivity contribution < 1.29 is 18.4 Å². The minimum Gasteiger partial charge on any atom is -0.348 e. The molecule has 0 N–H and O–H groups in total. The van der Waals surface area contributed by atoms with Crippen LogP contribution in [0.25, 0.3) is 0 Å². The lowest BCUT2D eigenvalue weighted by atomic mass is 9.80. The van der Waals surface area contributed by atoms with E-state index in [2.05, 4.69) is 26.0 Å². The number of benzene rings is 1. The average Bonchev–Trinajstić information content (AvgIpc) is 2.61. The van der Waals surface area contributed by atoms with Gasteiger partial charge in [0.05, 0.1) is 24.6 Å². The smallest absolute Gasteiger partial charge is 0.331 e. The second-order valence-corrected chi connectivity index (χ2v) is 10.7. The highest BCUT2D eigenvalue weighted by atomic mass is 32.2. The van der Waals surface area contributed by atoms with Gasteiger partial charge in [0, 0.05) is 19.8 Å². The van der Waals surface area contributed by atoms with Crippen LogP contribution in [0.2, 0.25) is 0 Å². The zero-order chi connectivity index (χ0) is 20.5. The molecule has 0 radical (unpaired) electrons. The first-order valence-corrected chi connectivity index (χ1v) is 12.2. The van der Waals surface area contributed by atoms with E-state index in [9.17, 15) is 9.36 Å². The lowest BCUT2D eigenvalue weighted by Crippen LogP contribution is -2.36. The van der Waals surface area contributed by atoms with Gasteiger partial charge < -0.3 is 13.9 Å². The fraction of sp³-hybridized carbons (Fsp3) is 0.650. The van der Waals surface area contributed by atoms with Gasteiger partial charge in [-0.05, 0) is 31.2 Å². The van der Waals surface area contributed by atoms with Crippen LogP contribution in [-0.2, 0) is 23.8 Å². The molecule has 1 rings (SSSR count). The van der Waals surface area contributed by atoms with Crippen molar-refractivity contribution in [1.29, 1.82) is 0 Å². The van der Waals surface area contributed by atoms with E-state index in [1.54, 1.807) is 32.8 Å². The maximum atomic E-state index is 12.7. The summed E-state index contributed by atoms with van der Waals surface area (Å²) in [6.45, 7) is 8.62. The van der Waals surface area contributed by atoms with Crippen LogP contribution >= 0.6 is 19.4 Å². The molecule has 27 heavy (non-hydrogen) atoms. The molecule has 154 valence electrons. The Bertz CT molecular complexity index is 612. The van der Waals surface area contributed by atoms with E-state index in [0.29, 0.717) is 31.5 Å². The van der Waals surface area contributed by atoms with E-state index in [1.165, 1.54) is 17.3 Å². The van der Waals surface area contributed by atoms with Gasteiger partial charge in [0.25, 0.3) is 0 Å². The highest BCUT2D eigenvalue weighted by molar-refractivity contribution is 8.00. The molecule has 0 aliphatic carbocycles. The molecule has 1 atom stereocenters. The van der Waals surface area contributed by atoms with Crippen LogP contribution in [-0.4, -0.2) is 55.3 Å². The zero-order valence-electron chi connectivity index (χ0n) is 17.4. The third-order valence-corrected chi connectivity index (χ3v) is 7.89. The van der Waals surface area contributed by atoms with Gasteiger partial charge in [0.2, 0.25) is 5.91 Å². The topological polar surface area (TPSA) is 55.8 Å². The minimum atomic E-state index is -3.08. The van der Waals surface area contributed by atoms with Gasteiger partial charge in [0.1, 0.15) is 0 Å². The molecule has 0 heterocycles. The van der Waals surface area contributed by atoms with E-state index >= 15 is 0 Å². The Labute approximate surface area is 168 Å². The number of rotatable bonds is 12. The van der Waals surface area contributed by atoms with Crippen molar-refractivity contribution in [2.24, 2.45) is 0 Å². The fourth-order valence-electron chi connectivity index (χ4n) is 2.84. The Morgan fingerprint density at radius 1 is 1.15 bits per heavy atom. The molecule has 0 saturated carbocycles. The van der Waals surface area contributed by atoms with Gasteiger partial charge in [-0.3, -0.25) is 9.36 Å². The average molecular weight is 416 g/mol. The molecule has 1 amide bonds. The van der Waals surface area contributed by atoms with Crippen molar-refractivity contribution >= 4 is 25.3 Å². The van der Waals surface area contributed by atoms with Crippen molar-refractivity contribution in [3.05, 3.63) is 35.9 Å². The number of thioether (sulfide) groups is 1. The first-order chi connectivity index (χ1) is 12.6. The normalized spacial score (nSPS) is 13.4. The quantitative estimate of drug-likeness (QED) is 0.459. The largest absolute Gasteiger partial charge is 0.348 e. The van der Waals surface area contributed by atoms with Crippen molar-refractivity contribution in [3.8, 4) is 0 Å². The zero-order valence-corrected chi connectivity index (χ0v) is 19.1. The molecule has 5 nitrogen and oxygen atoms in total. The highest BCUT2D eigenvalue weighted by Crippen LogP contribution is 2.48. The van der Waals surface area contributed by atoms with Crippen LogP contribution < -0.4 is 0 Å². The van der Waals surface area contributed by atoms with Gasteiger partial charge in [-0.25, -0.2) is 0 Å². The lowest BCUT2D eigenvalue weighted by Gasteiger charge is -2.31. The third-order valence-electron chi connectivity index (χ3n) is 4.30. The predicted octanol–water partition coefficient (Wildman–Crippen LogP) is 4.81. The third kappa shape index (κ3) is 7.98. The van der Waals surface area contributed by atoms with Gasteiger partial charge >= 0.3 is 7.60 Å². The summed E-state index contributed by atoms with van der Waals surface area (Å²) < 4.78 is 23.4. The standard InChI is InChI=1S/C20H34NO4PS/c1-7-24-26(23,25-8-2)14-15-27-18(19(22)21(5)6)16-20(3,4)17-12-10-9-11-13-17/h9-13,18H,7-8,14-16H2,1-6H3. The maximum Gasteiger partial charge on any atom is 0.331 e. The van der Waals surface area contributed by atoms with Gasteiger partial charge in [0.15, 0.2) is 0 Å². The molecule has 1 aromatic carbocycles. The van der Waals surface area contributed by atoms with Crippen molar-refractivity contribution in [3.63, 3.8) is 0 Å². The minimum absolute atomic E-state index is 0.0756. The molecule has 0 saturated heterocycles. The van der Waals surface area contributed by atoms with E-state index in [-0.39, 0.29) is 16.6 Å². The van der Waals surface area contributed by atoms with Crippen molar-refractivity contribution in [1.82, 2.24) is 4.90 Å².